The summed E-state index contributed by atoms with van der Waals surface area (Å²) in [5.74, 6) is -0.899. The topological polar surface area (TPSA) is 86.9 Å². The fourth-order valence-electron chi connectivity index (χ4n) is 3.00. The van der Waals surface area contributed by atoms with Crippen LogP contribution in [0.5, 0.6) is 0 Å². The molecule has 6 nitrogen and oxygen atoms in total. The van der Waals surface area contributed by atoms with Crippen LogP contribution in [0.3, 0.4) is 0 Å². The molecule has 3 aromatic heterocycles. The third-order valence-electron chi connectivity index (χ3n) is 4.45. The third kappa shape index (κ3) is 2.95. The van der Waals surface area contributed by atoms with Crippen LogP contribution in [-0.2, 0) is 9.59 Å². The second-order valence-electron chi connectivity index (χ2n) is 6.10. The molecule has 0 saturated heterocycles. The van der Waals surface area contributed by atoms with Crippen LogP contribution in [0.15, 0.2) is 47.3 Å². The molecule has 0 atom stereocenters. The monoisotopic (exact) mass is 406 g/mol. The van der Waals surface area contributed by atoms with E-state index in [0.29, 0.717) is 11.1 Å². The molecule has 138 valence electrons. The van der Waals surface area contributed by atoms with Crippen molar-refractivity contribution in [3.05, 3.63) is 52.2 Å². The average Bonchev–Trinajstić information content (AvgIpc) is 3.25. The van der Waals surface area contributed by atoms with Gasteiger partial charge in [0.25, 0.3) is 11.8 Å². The molecule has 0 aromatic carbocycles. The standard InChI is InChI=1S/C20H14N4O2S2/c1-3-24-19(25)14(11(2)15(9-21)20(24)26)7-13-8-16-18(27-13)23-17(28-16)12-5-4-6-22-10-12/h4-8,10H,3H2,1-2H3/b14-7-. The molecule has 2 amide bonds. The quantitative estimate of drug-likeness (QED) is 0.484. The van der Waals surface area contributed by atoms with Crippen LogP contribution in [0.1, 0.15) is 18.7 Å². The molecule has 0 fully saturated rings. The number of thiazole rings is 1. The molecule has 0 bridgehead atoms. The molecule has 1 aliphatic rings. The maximum absolute atomic E-state index is 12.7. The summed E-state index contributed by atoms with van der Waals surface area (Å²) in [4.78, 5) is 36.6. The SMILES string of the molecule is CCN1C(=O)C(C#N)=C(C)/C(=C/c2cc3sc(-c4cccnc4)nc3s2)C1=O. The van der Waals surface area contributed by atoms with Gasteiger partial charge in [-0.2, -0.15) is 5.26 Å². The summed E-state index contributed by atoms with van der Waals surface area (Å²) in [5.41, 5.74) is 1.78. The van der Waals surface area contributed by atoms with Crippen LogP contribution >= 0.6 is 22.7 Å². The Hall–Kier alpha value is -3.15. The fourth-order valence-corrected chi connectivity index (χ4v) is 5.15. The first kappa shape index (κ1) is 18.2. The van der Waals surface area contributed by atoms with Gasteiger partial charge in [0.1, 0.15) is 21.5 Å². The van der Waals surface area contributed by atoms with Crippen molar-refractivity contribution in [3.8, 4) is 16.6 Å². The van der Waals surface area contributed by atoms with Gasteiger partial charge in [-0.1, -0.05) is 0 Å². The highest BCUT2D eigenvalue weighted by molar-refractivity contribution is 7.29. The first-order valence-electron chi connectivity index (χ1n) is 8.53. The van der Waals surface area contributed by atoms with Gasteiger partial charge in [0.2, 0.25) is 0 Å². The highest BCUT2D eigenvalue weighted by atomic mass is 32.1. The zero-order valence-corrected chi connectivity index (χ0v) is 16.7. The van der Waals surface area contributed by atoms with Crippen LogP contribution in [-0.4, -0.2) is 33.2 Å². The highest BCUT2D eigenvalue weighted by Gasteiger charge is 2.34. The molecule has 0 radical (unpaired) electrons. The van der Waals surface area contributed by atoms with E-state index in [-0.39, 0.29) is 18.0 Å². The van der Waals surface area contributed by atoms with Crippen molar-refractivity contribution in [1.29, 1.82) is 5.26 Å². The maximum atomic E-state index is 12.7. The molecule has 0 unspecified atom stereocenters. The van der Waals surface area contributed by atoms with Crippen molar-refractivity contribution in [3.63, 3.8) is 0 Å². The minimum Gasteiger partial charge on any atom is -0.274 e. The smallest absolute Gasteiger partial charge is 0.271 e. The van der Waals surface area contributed by atoms with E-state index in [2.05, 4.69) is 9.97 Å². The van der Waals surface area contributed by atoms with E-state index in [1.807, 2.05) is 24.3 Å². The Morgan fingerprint density at radius 3 is 2.75 bits per heavy atom. The van der Waals surface area contributed by atoms with Gasteiger partial charge in [0.05, 0.1) is 4.70 Å². The summed E-state index contributed by atoms with van der Waals surface area (Å²) in [7, 11) is 0. The molecule has 4 heterocycles. The summed E-state index contributed by atoms with van der Waals surface area (Å²) in [6, 6.07) is 7.75. The van der Waals surface area contributed by atoms with E-state index >= 15 is 0 Å². The molecule has 0 N–H and O–H groups in total. The normalized spacial score (nSPS) is 16.3. The molecular formula is C20H14N4O2S2. The van der Waals surface area contributed by atoms with Gasteiger partial charge in [-0.15, -0.1) is 22.7 Å². The molecule has 8 heteroatoms. The van der Waals surface area contributed by atoms with Crippen molar-refractivity contribution in [1.82, 2.24) is 14.9 Å². The number of fused-ring (bicyclic) bond motifs is 1. The van der Waals surface area contributed by atoms with Crippen molar-refractivity contribution >= 4 is 50.1 Å². The fraction of sp³-hybridized carbons (Fsp3) is 0.150. The first-order valence-corrected chi connectivity index (χ1v) is 10.2. The second kappa shape index (κ2) is 7.11. The van der Waals surface area contributed by atoms with Crippen molar-refractivity contribution in [2.45, 2.75) is 13.8 Å². The Kier molecular flexibility index (Phi) is 4.63. The lowest BCUT2D eigenvalue weighted by atomic mass is 9.95. The van der Waals surface area contributed by atoms with E-state index in [9.17, 15) is 14.9 Å². The number of rotatable bonds is 3. The van der Waals surface area contributed by atoms with Gasteiger partial charge in [-0.25, -0.2) is 4.98 Å². The largest absolute Gasteiger partial charge is 0.274 e. The van der Waals surface area contributed by atoms with E-state index in [1.54, 1.807) is 43.7 Å². The summed E-state index contributed by atoms with van der Waals surface area (Å²) in [5, 5.41) is 10.2. The number of hydrogen-bond donors (Lipinski definition) is 0. The summed E-state index contributed by atoms with van der Waals surface area (Å²) in [6.45, 7) is 3.58. The van der Waals surface area contributed by atoms with E-state index in [4.69, 9.17) is 0 Å². The molecule has 0 spiro atoms. The number of aromatic nitrogens is 2. The Balaban J connectivity index is 1.76. The number of amides is 2. The number of thiophene rings is 1. The summed E-state index contributed by atoms with van der Waals surface area (Å²) >= 11 is 3.03. The lowest BCUT2D eigenvalue weighted by molar-refractivity contribution is -0.140. The Bertz CT molecular complexity index is 1180. The highest BCUT2D eigenvalue weighted by Crippen LogP contribution is 2.37. The van der Waals surface area contributed by atoms with E-state index in [1.165, 1.54) is 11.3 Å². The molecule has 3 aromatic rings. The van der Waals surface area contributed by atoms with E-state index in [0.717, 1.165) is 29.9 Å². The summed E-state index contributed by atoms with van der Waals surface area (Å²) in [6.07, 6.45) is 5.24. The zero-order chi connectivity index (χ0) is 19.8. The maximum Gasteiger partial charge on any atom is 0.271 e. The van der Waals surface area contributed by atoms with Gasteiger partial charge < -0.3 is 0 Å². The van der Waals surface area contributed by atoms with Crippen molar-refractivity contribution in [2.75, 3.05) is 6.54 Å². The Morgan fingerprint density at radius 1 is 1.29 bits per heavy atom. The zero-order valence-electron chi connectivity index (χ0n) is 15.1. The number of hydrogen-bond acceptors (Lipinski definition) is 7. The molecule has 4 rings (SSSR count). The van der Waals surface area contributed by atoms with E-state index < -0.39 is 5.91 Å². The van der Waals surface area contributed by atoms with Crippen LogP contribution in [0.4, 0.5) is 0 Å². The second-order valence-corrected chi connectivity index (χ2v) is 8.20. The molecule has 28 heavy (non-hydrogen) atoms. The lowest BCUT2D eigenvalue weighted by Crippen LogP contribution is -2.42. The molecule has 1 aliphatic heterocycles. The number of imide groups is 1. The number of pyridine rings is 1. The van der Waals surface area contributed by atoms with Gasteiger partial charge >= 0.3 is 0 Å². The van der Waals surface area contributed by atoms with Gasteiger partial charge in [0.15, 0.2) is 0 Å². The van der Waals surface area contributed by atoms with Crippen molar-refractivity contribution < 1.29 is 9.59 Å². The average molecular weight is 406 g/mol. The minimum absolute atomic E-state index is 0.0167. The van der Waals surface area contributed by atoms with Crippen molar-refractivity contribution in [2.24, 2.45) is 0 Å². The molecule has 0 aliphatic carbocycles. The number of carbonyl (C=O) groups is 2. The van der Waals surface area contributed by atoms with Crippen LogP contribution < -0.4 is 0 Å². The summed E-state index contributed by atoms with van der Waals surface area (Å²) < 4.78 is 1.02. The third-order valence-corrected chi connectivity index (χ3v) is 6.60. The number of nitrogens with zero attached hydrogens (tertiary/aromatic N) is 4. The first-order chi connectivity index (χ1) is 13.5. The predicted octanol–water partition coefficient (Wildman–Crippen LogP) is 4.03. The lowest BCUT2D eigenvalue weighted by Gasteiger charge is -2.26. The number of carbonyl (C=O) groups excluding carboxylic acids is 2. The van der Waals surface area contributed by atoms with Gasteiger partial charge in [-0.3, -0.25) is 19.5 Å². The Morgan fingerprint density at radius 2 is 2.11 bits per heavy atom. The number of nitriles is 1. The van der Waals surface area contributed by atoms with Crippen LogP contribution in [0, 0.1) is 11.3 Å². The molecular weight excluding hydrogens is 392 g/mol. The minimum atomic E-state index is -0.528. The predicted molar refractivity (Wildman–Crippen MR) is 109 cm³/mol. The van der Waals surface area contributed by atoms with Gasteiger partial charge in [0, 0.05) is 35.0 Å². The number of likely N-dealkylation sites (N-methyl/N-ethyl adjacent to an activating group) is 1. The van der Waals surface area contributed by atoms with Crippen LogP contribution in [0.25, 0.3) is 26.2 Å². The van der Waals surface area contributed by atoms with Gasteiger partial charge in [-0.05, 0) is 43.7 Å². The Labute approximate surface area is 169 Å². The molecule has 0 saturated carbocycles. The van der Waals surface area contributed by atoms with Crippen LogP contribution in [0.2, 0.25) is 0 Å².